The third-order valence-electron chi connectivity index (χ3n) is 3.34. The van der Waals surface area contributed by atoms with E-state index in [9.17, 15) is 18.8 Å². The molecule has 0 saturated carbocycles. The average Bonchev–Trinajstić information content (AvgIpc) is 2.93. The SMILES string of the molecule is O=C(COc1ccc(/C=C2\SC(=O)NC2=O)cc1)Nc1ccccc1F. The second-order valence-electron chi connectivity index (χ2n) is 5.24. The summed E-state index contributed by atoms with van der Waals surface area (Å²) < 4.78 is 18.8. The molecule has 26 heavy (non-hydrogen) atoms. The lowest BCUT2D eigenvalue weighted by Crippen LogP contribution is -2.20. The Morgan fingerprint density at radius 1 is 1.15 bits per heavy atom. The number of amides is 3. The van der Waals surface area contributed by atoms with Crippen LogP contribution in [0.5, 0.6) is 5.75 Å². The van der Waals surface area contributed by atoms with Gasteiger partial charge in [-0.1, -0.05) is 24.3 Å². The zero-order valence-corrected chi connectivity index (χ0v) is 14.1. The first-order valence-corrected chi connectivity index (χ1v) is 8.35. The van der Waals surface area contributed by atoms with Crippen molar-refractivity contribution in [2.75, 3.05) is 11.9 Å². The van der Waals surface area contributed by atoms with Gasteiger partial charge in [0.05, 0.1) is 10.6 Å². The van der Waals surface area contributed by atoms with Gasteiger partial charge in [-0.2, -0.15) is 0 Å². The first-order valence-electron chi connectivity index (χ1n) is 7.53. The van der Waals surface area contributed by atoms with Gasteiger partial charge < -0.3 is 10.1 Å². The molecule has 0 aromatic heterocycles. The number of halogens is 1. The zero-order valence-electron chi connectivity index (χ0n) is 13.3. The van der Waals surface area contributed by atoms with Crippen molar-refractivity contribution in [1.82, 2.24) is 5.32 Å². The molecule has 0 unspecified atom stereocenters. The Morgan fingerprint density at radius 3 is 2.54 bits per heavy atom. The topological polar surface area (TPSA) is 84.5 Å². The molecule has 2 aromatic rings. The molecule has 1 aliphatic rings. The van der Waals surface area contributed by atoms with E-state index in [1.54, 1.807) is 36.4 Å². The molecule has 3 amide bonds. The monoisotopic (exact) mass is 372 g/mol. The van der Waals surface area contributed by atoms with E-state index in [4.69, 9.17) is 4.74 Å². The van der Waals surface area contributed by atoms with Crippen molar-refractivity contribution >= 4 is 40.6 Å². The van der Waals surface area contributed by atoms with Gasteiger partial charge in [0.2, 0.25) is 0 Å². The van der Waals surface area contributed by atoms with Gasteiger partial charge in [-0.15, -0.1) is 0 Å². The highest BCUT2D eigenvalue weighted by molar-refractivity contribution is 8.18. The average molecular weight is 372 g/mol. The van der Waals surface area contributed by atoms with Gasteiger partial charge in [-0.25, -0.2) is 4.39 Å². The second kappa shape index (κ2) is 7.83. The number of carbonyl (C=O) groups is 3. The molecule has 0 atom stereocenters. The molecule has 1 fully saturated rings. The number of hydrogen-bond acceptors (Lipinski definition) is 5. The third kappa shape index (κ3) is 4.48. The van der Waals surface area contributed by atoms with Crippen LogP contribution in [-0.4, -0.2) is 23.7 Å². The number of imide groups is 1. The van der Waals surface area contributed by atoms with E-state index in [2.05, 4.69) is 10.6 Å². The molecule has 0 spiro atoms. The molecule has 2 aromatic carbocycles. The summed E-state index contributed by atoms with van der Waals surface area (Å²) >= 11 is 0.836. The fraction of sp³-hybridized carbons (Fsp3) is 0.0556. The molecule has 6 nitrogen and oxygen atoms in total. The van der Waals surface area contributed by atoms with Crippen LogP contribution in [0.1, 0.15) is 5.56 Å². The number of anilines is 1. The number of thioether (sulfide) groups is 1. The Hall–Kier alpha value is -3.13. The summed E-state index contributed by atoms with van der Waals surface area (Å²) in [6, 6.07) is 12.5. The number of rotatable bonds is 5. The maximum Gasteiger partial charge on any atom is 0.290 e. The summed E-state index contributed by atoms with van der Waals surface area (Å²) in [4.78, 5) is 34.7. The van der Waals surface area contributed by atoms with Gasteiger partial charge in [0, 0.05) is 0 Å². The Labute approximate surface area is 152 Å². The molecule has 0 bridgehead atoms. The van der Waals surface area contributed by atoms with Crippen LogP contribution in [0.3, 0.4) is 0 Å². The standard InChI is InChI=1S/C18H13FN2O4S/c19-13-3-1-2-4-14(13)20-16(22)10-25-12-7-5-11(6-8-12)9-15-17(23)21-18(24)26-15/h1-9H,10H2,(H,20,22)(H,21,23,24)/b15-9-. The summed E-state index contributed by atoms with van der Waals surface area (Å²) in [6.07, 6.45) is 1.58. The molecule has 0 aliphatic carbocycles. The van der Waals surface area contributed by atoms with Crippen LogP contribution in [0.4, 0.5) is 14.9 Å². The molecular weight excluding hydrogens is 359 g/mol. The lowest BCUT2D eigenvalue weighted by Gasteiger charge is -2.08. The smallest absolute Gasteiger partial charge is 0.290 e. The zero-order chi connectivity index (χ0) is 18.5. The fourth-order valence-corrected chi connectivity index (χ4v) is 2.81. The molecule has 1 saturated heterocycles. The van der Waals surface area contributed by atoms with E-state index in [0.717, 1.165) is 11.8 Å². The highest BCUT2D eigenvalue weighted by Crippen LogP contribution is 2.26. The van der Waals surface area contributed by atoms with Crippen LogP contribution in [0.15, 0.2) is 53.4 Å². The molecule has 1 aliphatic heterocycles. The van der Waals surface area contributed by atoms with Crippen LogP contribution in [0.25, 0.3) is 6.08 Å². The molecule has 3 rings (SSSR count). The Kier molecular flexibility index (Phi) is 5.33. The van der Waals surface area contributed by atoms with Gasteiger partial charge in [0.15, 0.2) is 6.61 Å². The number of ether oxygens (including phenoxy) is 1. The van der Waals surface area contributed by atoms with Gasteiger partial charge in [-0.3, -0.25) is 19.7 Å². The van der Waals surface area contributed by atoms with Gasteiger partial charge in [0.25, 0.3) is 17.1 Å². The summed E-state index contributed by atoms with van der Waals surface area (Å²) in [7, 11) is 0. The Bertz CT molecular complexity index is 896. The van der Waals surface area contributed by atoms with E-state index >= 15 is 0 Å². The van der Waals surface area contributed by atoms with Crippen molar-refractivity contribution in [3.63, 3.8) is 0 Å². The van der Waals surface area contributed by atoms with Gasteiger partial charge in [-0.05, 0) is 47.7 Å². The lowest BCUT2D eigenvalue weighted by atomic mass is 10.2. The molecule has 1 heterocycles. The van der Waals surface area contributed by atoms with E-state index in [1.165, 1.54) is 18.2 Å². The largest absolute Gasteiger partial charge is 0.484 e. The third-order valence-corrected chi connectivity index (χ3v) is 4.15. The normalized spacial score (nSPS) is 15.0. The van der Waals surface area contributed by atoms with E-state index in [-0.39, 0.29) is 12.3 Å². The van der Waals surface area contributed by atoms with Crippen molar-refractivity contribution < 1.29 is 23.5 Å². The van der Waals surface area contributed by atoms with Crippen molar-refractivity contribution in [3.05, 3.63) is 64.8 Å². The maximum absolute atomic E-state index is 13.5. The van der Waals surface area contributed by atoms with Crippen LogP contribution in [0, 0.1) is 5.82 Å². The lowest BCUT2D eigenvalue weighted by molar-refractivity contribution is -0.118. The summed E-state index contributed by atoms with van der Waals surface area (Å²) in [5, 5.41) is 4.20. The number of para-hydroxylation sites is 1. The van der Waals surface area contributed by atoms with Crippen molar-refractivity contribution in [3.8, 4) is 5.75 Å². The second-order valence-corrected chi connectivity index (χ2v) is 6.25. The Balaban J connectivity index is 1.55. The summed E-state index contributed by atoms with van der Waals surface area (Å²) in [5.74, 6) is -0.995. The number of nitrogens with one attached hydrogen (secondary N) is 2. The fourth-order valence-electron chi connectivity index (χ4n) is 2.13. The predicted octanol–water partition coefficient (Wildman–Crippen LogP) is 3.17. The van der Waals surface area contributed by atoms with Crippen molar-refractivity contribution in [2.45, 2.75) is 0 Å². The van der Waals surface area contributed by atoms with Crippen LogP contribution >= 0.6 is 11.8 Å². The van der Waals surface area contributed by atoms with Crippen molar-refractivity contribution in [2.24, 2.45) is 0 Å². The van der Waals surface area contributed by atoms with E-state index in [0.29, 0.717) is 16.2 Å². The minimum Gasteiger partial charge on any atom is -0.484 e. The number of carbonyl (C=O) groups excluding carboxylic acids is 3. The van der Waals surface area contributed by atoms with Gasteiger partial charge >= 0.3 is 0 Å². The Morgan fingerprint density at radius 2 is 1.88 bits per heavy atom. The predicted molar refractivity (Wildman–Crippen MR) is 96.1 cm³/mol. The highest BCUT2D eigenvalue weighted by atomic mass is 32.2. The van der Waals surface area contributed by atoms with Crippen LogP contribution in [-0.2, 0) is 9.59 Å². The van der Waals surface area contributed by atoms with Gasteiger partial charge in [0.1, 0.15) is 11.6 Å². The van der Waals surface area contributed by atoms with E-state index < -0.39 is 22.9 Å². The first-order chi connectivity index (χ1) is 12.5. The van der Waals surface area contributed by atoms with Crippen molar-refractivity contribution in [1.29, 1.82) is 0 Å². The number of hydrogen-bond donors (Lipinski definition) is 2. The summed E-state index contributed by atoms with van der Waals surface area (Å²) in [6.45, 7) is -0.276. The molecular formula is C18H13FN2O4S. The molecule has 0 radical (unpaired) electrons. The first kappa shape index (κ1) is 17.7. The molecule has 2 N–H and O–H groups in total. The number of benzene rings is 2. The minimum atomic E-state index is -0.523. The molecule has 132 valence electrons. The molecule has 8 heteroatoms. The highest BCUT2D eigenvalue weighted by Gasteiger charge is 2.24. The van der Waals surface area contributed by atoms with Crippen LogP contribution in [0.2, 0.25) is 0 Å². The van der Waals surface area contributed by atoms with Crippen LogP contribution < -0.4 is 15.4 Å². The summed E-state index contributed by atoms with van der Waals surface area (Å²) in [5.41, 5.74) is 0.797. The maximum atomic E-state index is 13.5. The minimum absolute atomic E-state index is 0.0879. The van der Waals surface area contributed by atoms with E-state index in [1.807, 2.05) is 0 Å². The quantitative estimate of drug-likeness (QED) is 0.788.